The summed E-state index contributed by atoms with van der Waals surface area (Å²) in [7, 11) is 0. The highest BCUT2D eigenvalue weighted by atomic mass is 32.2. The molecule has 0 unspecified atom stereocenters. The first-order chi connectivity index (χ1) is 10.6. The first kappa shape index (κ1) is 16.3. The molecule has 0 radical (unpaired) electrons. The predicted molar refractivity (Wildman–Crippen MR) is 87.3 cm³/mol. The maximum absolute atomic E-state index is 11.5. The number of aromatic nitrogens is 1. The van der Waals surface area contributed by atoms with Crippen molar-refractivity contribution in [1.82, 2.24) is 4.98 Å². The lowest BCUT2D eigenvalue weighted by Crippen LogP contribution is -2.18. The van der Waals surface area contributed by atoms with Gasteiger partial charge in [0.25, 0.3) is 5.91 Å². The molecular weight excluding hydrogens is 322 g/mol. The van der Waals surface area contributed by atoms with Gasteiger partial charge in [0.1, 0.15) is 5.00 Å². The zero-order valence-electron chi connectivity index (χ0n) is 11.9. The summed E-state index contributed by atoms with van der Waals surface area (Å²) < 4.78 is 5.45. The Balaban J connectivity index is 2.09. The van der Waals surface area contributed by atoms with Crippen LogP contribution in [0.1, 0.15) is 23.0 Å². The van der Waals surface area contributed by atoms with Crippen LogP contribution in [0.4, 0.5) is 9.80 Å². The molecule has 3 N–H and O–H groups in total. The highest BCUT2D eigenvalue weighted by molar-refractivity contribution is 8.00. The summed E-state index contributed by atoms with van der Waals surface area (Å²) in [5.74, 6) is 0.0281. The van der Waals surface area contributed by atoms with Crippen LogP contribution in [0.25, 0.3) is 0 Å². The number of benzene rings is 1. The second-order valence-electron chi connectivity index (χ2n) is 4.14. The van der Waals surface area contributed by atoms with Crippen LogP contribution in [-0.2, 0) is 10.5 Å². The third-order valence-corrected chi connectivity index (χ3v) is 4.72. The van der Waals surface area contributed by atoms with Crippen molar-refractivity contribution < 1.29 is 14.3 Å². The van der Waals surface area contributed by atoms with Crippen molar-refractivity contribution in [2.75, 3.05) is 11.9 Å². The molecule has 0 spiro atoms. The molecular formula is C14H15N3O3S2. The normalized spacial score (nSPS) is 10.2. The number of thioether (sulfide) groups is 1. The summed E-state index contributed by atoms with van der Waals surface area (Å²) >= 11 is 2.67. The number of hydrogen-bond acceptors (Lipinski definition) is 6. The van der Waals surface area contributed by atoms with Gasteiger partial charge in [-0.05, 0) is 12.5 Å². The smallest absolute Gasteiger partial charge is 0.412 e. The molecule has 116 valence electrons. The molecule has 8 heteroatoms. The van der Waals surface area contributed by atoms with Crippen molar-refractivity contribution in [2.45, 2.75) is 17.0 Å². The summed E-state index contributed by atoms with van der Waals surface area (Å²) in [6, 6.07) is 9.88. The number of ether oxygens (including phenoxy) is 1. The molecule has 1 heterocycles. The van der Waals surface area contributed by atoms with Crippen molar-refractivity contribution in [3.8, 4) is 0 Å². The fourth-order valence-electron chi connectivity index (χ4n) is 1.59. The van der Waals surface area contributed by atoms with Crippen LogP contribution in [0.5, 0.6) is 0 Å². The third kappa shape index (κ3) is 4.47. The third-order valence-electron chi connectivity index (χ3n) is 2.54. The average molecular weight is 337 g/mol. The first-order valence-corrected chi connectivity index (χ1v) is 8.31. The monoisotopic (exact) mass is 337 g/mol. The van der Waals surface area contributed by atoms with E-state index in [1.807, 2.05) is 30.3 Å². The second kappa shape index (κ2) is 7.81. The zero-order chi connectivity index (χ0) is 15.9. The minimum Gasteiger partial charge on any atom is -0.450 e. The standard InChI is InChI=1S/C14H15N3O3S2/c1-2-20-13(19)17-12-10(11(15)18)16-14(22-12)21-8-9-6-4-3-5-7-9/h3-7H,2,8H2,1H3,(H2,15,18)(H,17,19). The van der Waals surface area contributed by atoms with Crippen LogP contribution in [0.2, 0.25) is 0 Å². The average Bonchev–Trinajstić information content (AvgIpc) is 2.89. The van der Waals surface area contributed by atoms with E-state index >= 15 is 0 Å². The van der Waals surface area contributed by atoms with Gasteiger partial charge in [0, 0.05) is 5.75 Å². The van der Waals surface area contributed by atoms with Crippen LogP contribution >= 0.6 is 23.1 Å². The number of nitrogens with one attached hydrogen (secondary N) is 1. The Hall–Kier alpha value is -2.06. The van der Waals surface area contributed by atoms with Gasteiger partial charge in [0.2, 0.25) is 0 Å². The van der Waals surface area contributed by atoms with Crippen molar-refractivity contribution >= 4 is 40.1 Å². The number of anilines is 1. The number of nitrogens with two attached hydrogens (primary N) is 1. The number of carbonyl (C=O) groups excluding carboxylic acids is 2. The molecule has 6 nitrogen and oxygen atoms in total. The SMILES string of the molecule is CCOC(=O)Nc1sc(SCc2ccccc2)nc1C(N)=O. The zero-order valence-corrected chi connectivity index (χ0v) is 13.5. The Morgan fingerprint density at radius 2 is 2.09 bits per heavy atom. The molecule has 2 aromatic rings. The summed E-state index contributed by atoms with van der Waals surface area (Å²) in [6.45, 7) is 1.94. The van der Waals surface area contributed by atoms with Crippen LogP contribution in [0.3, 0.4) is 0 Å². The molecule has 2 rings (SSSR count). The summed E-state index contributed by atoms with van der Waals surface area (Å²) in [4.78, 5) is 27.1. The van der Waals surface area contributed by atoms with Crippen molar-refractivity contribution in [3.63, 3.8) is 0 Å². The molecule has 1 aromatic carbocycles. The number of thiazole rings is 1. The van der Waals surface area contributed by atoms with Gasteiger partial charge in [-0.1, -0.05) is 53.4 Å². The molecule has 22 heavy (non-hydrogen) atoms. The Kier molecular flexibility index (Phi) is 5.79. The Morgan fingerprint density at radius 3 is 2.73 bits per heavy atom. The fraction of sp³-hybridized carbons (Fsp3) is 0.214. The van der Waals surface area contributed by atoms with Crippen LogP contribution in [0.15, 0.2) is 34.7 Å². The number of amides is 2. The van der Waals surface area contributed by atoms with Crippen LogP contribution in [0, 0.1) is 0 Å². The first-order valence-electron chi connectivity index (χ1n) is 6.51. The number of rotatable bonds is 6. The second-order valence-corrected chi connectivity index (χ2v) is 6.36. The van der Waals surface area contributed by atoms with E-state index in [2.05, 4.69) is 10.3 Å². The minimum absolute atomic E-state index is 0.0496. The van der Waals surface area contributed by atoms with Crippen molar-refractivity contribution in [3.05, 3.63) is 41.6 Å². The van der Waals surface area contributed by atoms with E-state index in [0.29, 0.717) is 15.1 Å². The van der Waals surface area contributed by atoms with Gasteiger partial charge in [-0.3, -0.25) is 10.1 Å². The van der Waals surface area contributed by atoms with Crippen LogP contribution < -0.4 is 11.1 Å². The summed E-state index contributed by atoms with van der Waals surface area (Å²) in [6.07, 6.45) is -0.631. The van der Waals surface area contributed by atoms with Gasteiger partial charge in [0.15, 0.2) is 10.0 Å². The largest absolute Gasteiger partial charge is 0.450 e. The van der Waals surface area contributed by atoms with Crippen molar-refractivity contribution in [2.24, 2.45) is 5.73 Å². The molecule has 2 amide bonds. The topological polar surface area (TPSA) is 94.3 Å². The molecule has 0 aliphatic carbocycles. The van der Waals surface area contributed by atoms with E-state index in [9.17, 15) is 9.59 Å². The molecule has 1 aromatic heterocycles. The molecule has 0 atom stereocenters. The minimum atomic E-state index is -0.686. The van der Waals surface area contributed by atoms with Gasteiger partial charge in [-0.2, -0.15) is 0 Å². The molecule has 0 bridgehead atoms. The molecule has 0 saturated heterocycles. The van der Waals surface area contributed by atoms with Gasteiger partial charge in [-0.15, -0.1) is 0 Å². The van der Waals surface area contributed by atoms with Crippen molar-refractivity contribution in [1.29, 1.82) is 0 Å². The summed E-state index contributed by atoms with van der Waals surface area (Å²) in [5, 5.41) is 2.80. The molecule has 0 aliphatic rings. The van der Waals surface area contributed by atoms with Gasteiger partial charge in [0.05, 0.1) is 6.61 Å². The van der Waals surface area contributed by atoms with Crippen LogP contribution in [-0.4, -0.2) is 23.6 Å². The van der Waals surface area contributed by atoms with E-state index in [-0.39, 0.29) is 12.3 Å². The lowest BCUT2D eigenvalue weighted by molar-refractivity contribution is 0.0996. The lowest BCUT2D eigenvalue weighted by atomic mass is 10.2. The number of nitrogens with zero attached hydrogens (tertiary/aromatic N) is 1. The fourth-order valence-corrected chi connectivity index (χ4v) is 3.58. The van der Waals surface area contributed by atoms with E-state index < -0.39 is 12.0 Å². The summed E-state index contributed by atoms with van der Waals surface area (Å²) in [5.41, 5.74) is 6.48. The molecule has 0 saturated carbocycles. The Morgan fingerprint density at radius 1 is 1.36 bits per heavy atom. The number of primary amides is 1. The van der Waals surface area contributed by atoms with E-state index in [1.165, 1.54) is 23.1 Å². The van der Waals surface area contributed by atoms with Gasteiger partial charge >= 0.3 is 6.09 Å². The van der Waals surface area contributed by atoms with E-state index in [4.69, 9.17) is 10.5 Å². The maximum atomic E-state index is 11.5. The Bertz CT molecular complexity index is 659. The van der Waals surface area contributed by atoms with E-state index in [1.54, 1.807) is 6.92 Å². The predicted octanol–water partition coefficient (Wildman–Crippen LogP) is 3.10. The highest BCUT2D eigenvalue weighted by Gasteiger charge is 2.18. The molecule has 0 aliphatic heterocycles. The Labute approximate surface area is 136 Å². The molecule has 0 fully saturated rings. The number of hydrogen-bond donors (Lipinski definition) is 2. The highest BCUT2D eigenvalue weighted by Crippen LogP contribution is 2.33. The maximum Gasteiger partial charge on any atom is 0.412 e. The van der Waals surface area contributed by atoms with E-state index in [0.717, 1.165) is 5.56 Å². The quantitative estimate of drug-likeness (QED) is 0.790. The van der Waals surface area contributed by atoms with Gasteiger partial charge < -0.3 is 10.5 Å². The number of carbonyl (C=O) groups is 2. The van der Waals surface area contributed by atoms with Gasteiger partial charge in [-0.25, -0.2) is 9.78 Å². The lowest BCUT2D eigenvalue weighted by Gasteiger charge is -2.02.